The summed E-state index contributed by atoms with van der Waals surface area (Å²) in [7, 11) is -3.54. The maximum absolute atomic E-state index is 13.0. The lowest BCUT2D eigenvalue weighted by molar-refractivity contribution is 0.0901. The van der Waals surface area contributed by atoms with Crippen molar-refractivity contribution in [1.29, 1.82) is 0 Å². The van der Waals surface area contributed by atoms with Crippen LogP contribution in [0, 0.1) is 13.8 Å². The van der Waals surface area contributed by atoms with Crippen molar-refractivity contribution in [2.75, 3.05) is 32.7 Å². The van der Waals surface area contributed by atoms with Crippen LogP contribution in [0.25, 0.3) is 0 Å². The molecular weight excluding hydrogens is 444 g/mol. The summed E-state index contributed by atoms with van der Waals surface area (Å²) >= 11 is 1.75. The Morgan fingerprint density at radius 2 is 1.91 bits per heavy atom. The second kappa shape index (κ2) is 9.66. The molecule has 0 radical (unpaired) electrons. The van der Waals surface area contributed by atoms with Crippen LogP contribution in [0.2, 0.25) is 0 Å². The van der Waals surface area contributed by atoms with Gasteiger partial charge in [0.1, 0.15) is 4.90 Å². The zero-order valence-corrected chi connectivity index (χ0v) is 20.0. The van der Waals surface area contributed by atoms with Crippen LogP contribution in [0.4, 0.5) is 0 Å². The molecule has 1 fully saturated rings. The highest BCUT2D eigenvalue weighted by Crippen LogP contribution is 2.20. The molecule has 3 aromatic rings. The maximum Gasteiger partial charge on any atom is 0.244 e. The monoisotopic (exact) mass is 472 g/mol. The normalized spacial score (nSPS) is 15.8. The number of pyridine rings is 1. The standard InChI is InChI=1S/C23H28N4O3S2/c1-18-15-22(19(2)27(18)9-7-20-5-4-14-31-20)23(28)17-25-10-12-26(13-11-25)32(29,30)21-6-3-8-24-16-21/h3-6,8,14-16H,7,9-13,17H2,1-2H3. The van der Waals surface area contributed by atoms with Crippen LogP contribution in [0.1, 0.15) is 26.6 Å². The molecule has 1 aliphatic heterocycles. The maximum atomic E-state index is 13.0. The predicted octanol–water partition coefficient (Wildman–Crippen LogP) is 2.99. The highest BCUT2D eigenvalue weighted by molar-refractivity contribution is 7.89. The van der Waals surface area contributed by atoms with Gasteiger partial charge in [-0.15, -0.1) is 11.3 Å². The number of ketones is 1. The molecule has 0 saturated carbocycles. The third kappa shape index (κ3) is 4.85. The Morgan fingerprint density at radius 1 is 1.12 bits per heavy atom. The van der Waals surface area contributed by atoms with Crippen molar-refractivity contribution in [3.05, 3.63) is 69.9 Å². The zero-order valence-electron chi connectivity index (χ0n) is 18.4. The third-order valence-electron chi connectivity index (χ3n) is 6.01. The van der Waals surface area contributed by atoms with Gasteiger partial charge in [-0.3, -0.25) is 14.7 Å². The van der Waals surface area contributed by atoms with Crippen molar-refractivity contribution in [2.45, 2.75) is 31.7 Å². The minimum atomic E-state index is -3.54. The quantitative estimate of drug-likeness (QED) is 0.471. The fraction of sp³-hybridized carbons (Fsp3) is 0.391. The topological polar surface area (TPSA) is 75.5 Å². The minimum absolute atomic E-state index is 0.0871. The summed E-state index contributed by atoms with van der Waals surface area (Å²) in [5.41, 5.74) is 2.86. The van der Waals surface area contributed by atoms with E-state index in [1.807, 2.05) is 24.8 Å². The van der Waals surface area contributed by atoms with Crippen LogP contribution < -0.4 is 0 Å². The average molecular weight is 473 g/mol. The van der Waals surface area contributed by atoms with E-state index in [2.05, 4.69) is 27.1 Å². The average Bonchev–Trinajstić information content (AvgIpc) is 3.41. The Labute approximate surface area is 193 Å². The first-order valence-electron chi connectivity index (χ1n) is 10.7. The smallest absolute Gasteiger partial charge is 0.244 e. The molecule has 7 nitrogen and oxygen atoms in total. The molecule has 0 unspecified atom stereocenters. The molecule has 9 heteroatoms. The Hall–Kier alpha value is -2.33. The van der Waals surface area contributed by atoms with E-state index < -0.39 is 10.0 Å². The summed E-state index contributed by atoms with van der Waals surface area (Å²) in [5, 5.41) is 2.08. The largest absolute Gasteiger partial charge is 0.348 e. The second-order valence-corrected chi connectivity index (χ2v) is 11.0. The first-order valence-corrected chi connectivity index (χ1v) is 13.0. The Balaban J connectivity index is 1.36. The molecule has 0 bridgehead atoms. The van der Waals surface area contributed by atoms with Crippen LogP contribution in [0.15, 0.2) is 53.0 Å². The summed E-state index contributed by atoms with van der Waals surface area (Å²) in [6.45, 7) is 7.00. The van der Waals surface area contributed by atoms with E-state index in [0.717, 1.165) is 29.9 Å². The van der Waals surface area contributed by atoms with E-state index in [4.69, 9.17) is 0 Å². The summed E-state index contributed by atoms with van der Waals surface area (Å²) in [6.07, 6.45) is 3.89. The number of thiophene rings is 1. The molecular formula is C23H28N4O3S2. The van der Waals surface area contributed by atoms with Crippen LogP contribution in [0.3, 0.4) is 0 Å². The van der Waals surface area contributed by atoms with Crippen molar-refractivity contribution in [3.8, 4) is 0 Å². The van der Waals surface area contributed by atoms with E-state index in [0.29, 0.717) is 32.7 Å². The van der Waals surface area contributed by atoms with Crippen molar-refractivity contribution in [1.82, 2.24) is 18.8 Å². The molecule has 3 aromatic heterocycles. The lowest BCUT2D eigenvalue weighted by Crippen LogP contribution is -2.49. The molecule has 170 valence electrons. The van der Waals surface area contributed by atoms with E-state index in [1.54, 1.807) is 29.7 Å². The zero-order chi connectivity index (χ0) is 22.7. The molecule has 4 rings (SSSR count). The fourth-order valence-corrected chi connectivity index (χ4v) is 6.25. The van der Waals surface area contributed by atoms with Crippen LogP contribution >= 0.6 is 11.3 Å². The van der Waals surface area contributed by atoms with Gasteiger partial charge >= 0.3 is 0 Å². The Kier molecular flexibility index (Phi) is 6.90. The number of piperazine rings is 1. The second-order valence-electron chi connectivity index (χ2n) is 8.06. The molecule has 0 amide bonds. The summed E-state index contributed by atoms with van der Waals surface area (Å²) in [4.78, 5) is 20.5. The van der Waals surface area contributed by atoms with Gasteiger partial charge in [-0.2, -0.15) is 4.31 Å². The van der Waals surface area contributed by atoms with Crippen molar-refractivity contribution >= 4 is 27.1 Å². The first-order chi connectivity index (χ1) is 15.4. The van der Waals surface area contributed by atoms with Gasteiger partial charge < -0.3 is 4.57 Å². The van der Waals surface area contributed by atoms with E-state index in [1.165, 1.54) is 15.4 Å². The molecule has 0 atom stereocenters. The summed E-state index contributed by atoms with van der Waals surface area (Å²) in [5.74, 6) is 0.0871. The van der Waals surface area contributed by atoms with Crippen LogP contribution in [-0.4, -0.2) is 65.7 Å². The molecule has 4 heterocycles. The van der Waals surface area contributed by atoms with E-state index >= 15 is 0 Å². The number of sulfonamides is 1. The van der Waals surface area contributed by atoms with Gasteiger partial charge in [0.05, 0.1) is 6.54 Å². The molecule has 0 N–H and O–H groups in total. The van der Waals surface area contributed by atoms with Gasteiger partial charge in [-0.1, -0.05) is 6.07 Å². The van der Waals surface area contributed by atoms with Crippen molar-refractivity contribution in [3.63, 3.8) is 0 Å². The third-order valence-corrected chi connectivity index (χ3v) is 8.82. The van der Waals surface area contributed by atoms with Crippen molar-refractivity contribution in [2.24, 2.45) is 0 Å². The highest BCUT2D eigenvalue weighted by Gasteiger charge is 2.29. The number of carbonyl (C=O) groups is 1. The number of aromatic nitrogens is 2. The van der Waals surface area contributed by atoms with Gasteiger partial charge in [0.25, 0.3) is 0 Å². The van der Waals surface area contributed by atoms with Gasteiger partial charge in [0.15, 0.2) is 5.78 Å². The lowest BCUT2D eigenvalue weighted by Gasteiger charge is -2.33. The lowest BCUT2D eigenvalue weighted by atomic mass is 10.1. The fourth-order valence-electron chi connectivity index (χ4n) is 4.17. The number of hydrogen-bond donors (Lipinski definition) is 0. The van der Waals surface area contributed by atoms with Crippen LogP contribution in [0.5, 0.6) is 0 Å². The molecule has 0 aromatic carbocycles. The first kappa shape index (κ1) is 22.8. The number of rotatable bonds is 8. The number of carbonyl (C=O) groups excluding carboxylic acids is 1. The van der Waals surface area contributed by atoms with Crippen molar-refractivity contribution < 1.29 is 13.2 Å². The number of hydrogen-bond acceptors (Lipinski definition) is 6. The Bertz CT molecular complexity index is 1160. The van der Waals surface area contributed by atoms with E-state index in [-0.39, 0.29) is 10.7 Å². The molecule has 32 heavy (non-hydrogen) atoms. The SMILES string of the molecule is Cc1cc(C(=O)CN2CCN(S(=O)(=O)c3cccnc3)CC2)c(C)n1CCc1cccs1. The van der Waals surface area contributed by atoms with Crippen LogP contribution in [-0.2, 0) is 23.0 Å². The number of nitrogens with zero attached hydrogens (tertiary/aromatic N) is 4. The predicted molar refractivity (Wildman–Crippen MR) is 126 cm³/mol. The molecule has 1 saturated heterocycles. The van der Waals surface area contributed by atoms with Gasteiger partial charge in [-0.05, 0) is 49.9 Å². The van der Waals surface area contributed by atoms with Gasteiger partial charge in [0, 0.05) is 66.9 Å². The highest BCUT2D eigenvalue weighted by atomic mass is 32.2. The number of Topliss-reactive ketones (excluding diaryl/α,β-unsaturated/α-hetero) is 1. The molecule has 1 aliphatic rings. The minimum Gasteiger partial charge on any atom is -0.348 e. The summed E-state index contributed by atoms with van der Waals surface area (Å²) in [6, 6.07) is 9.37. The molecule has 0 aliphatic carbocycles. The van der Waals surface area contributed by atoms with Gasteiger partial charge in [-0.25, -0.2) is 8.42 Å². The Morgan fingerprint density at radius 3 is 2.56 bits per heavy atom. The summed E-state index contributed by atoms with van der Waals surface area (Å²) < 4.78 is 29.2. The van der Waals surface area contributed by atoms with Gasteiger partial charge in [0.2, 0.25) is 10.0 Å². The number of aryl methyl sites for hydroxylation is 2. The van der Waals surface area contributed by atoms with E-state index in [9.17, 15) is 13.2 Å². The molecule has 0 spiro atoms.